The van der Waals surface area contributed by atoms with Gasteiger partial charge in [0, 0.05) is 5.56 Å². The molecule has 0 bridgehead atoms. The number of hydrogen-bond acceptors (Lipinski definition) is 4. The van der Waals surface area contributed by atoms with Crippen LogP contribution >= 0.6 is 11.6 Å². The van der Waals surface area contributed by atoms with Crippen molar-refractivity contribution >= 4 is 11.6 Å². The summed E-state index contributed by atoms with van der Waals surface area (Å²) in [5.74, 6) is -4.34. The van der Waals surface area contributed by atoms with Crippen molar-refractivity contribution in [3.8, 4) is 17.4 Å². The third-order valence-electron chi connectivity index (χ3n) is 2.26. The summed E-state index contributed by atoms with van der Waals surface area (Å²) in [6, 6.07) is 1.48. The average molecular weight is 304 g/mol. The lowest BCUT2D eigenvalue weighted by Crippen LogP contribution is -2.03. The topological polar surface area (TPSA) is 47.9 Å². The third-order valence-corrected chi connectivity index (χ3v) is 2.43. The lowest BCUT2D eigenvalue weighted by Gasteiger charge is -2.06. The molecule has 0 fully saturated rings. The van der Waals surface area contributed by atoms with Gasteiger partial charge in [-0.05, 0) is 30.2 Å². The van der Waals surface area contributed by atoms with Crippen LogP contribution in [0.1, 0.15) is 13.3 Å². The van der Waals surface area contributed by atoms with Crippen LogP contribution in [-0.2, 0) is 0 Å². The Morgan fingerprint density at radius 3 is 2.35 bits per heavy atom. The maximum absolute atomic E-state index is 13.2. The zero-order valence-electron chi connectivity index (χ0n) is 10.3. The summed E-state index contributed by atoms with van der Waals surface area (Å²) in [4.78, 5) is 11.3. The van der Waals surface area contributed by atoms with E-state index in [0.717, 1.165) is 18.6 Å². The Labute approximate surface area is 117 Å². The van der Waals surface area contributed by atoms with Gasteiger partial charge >= 0.3 is 6.01 Å². The molecule has 0 aliphatic carbocycles. The maximum Gasteiger partial charge on any atom is 0.321 e. The van der Waals surface area contributed by atoms with Crippen molar-refractivity contribution in [2.24, 2.45) is 0 Å². The molecule has 2 rings (SSSR count). The van der Waals surface area contributed by atoms with Gasteiger partial charge in [0.05, 0.1) is 6.61 Å². The van der Waals surface area contributed by atoms with E-state index in [9.17, 15) is 13.2 Å². The quantitative estimate of drug-likeness (QED) is 0.812. The van der Waals surface area contributed by atoms with Crippen LogP contribution in [0.2, 0.25) is 5.28 Å². The Morgan fingerprint density at radius 2 is 1.75 bits per heavy atom. The number of ether oxygens (including phenoxy) is 1. The predicted molar refractivity (Wildman–Crippen MR) is 65.9 cm³/mol. The highest BCUT2D eigenvalue weighted by Gasteiger charge is 2.15. The highest BCUT2D eigenvalue weighted by Crippen LogP contribution is 2.23. The predicted octanol–water partition coefficient (Wildman–Crippen LogP) is 3.40. The molecule has 0 saturated heterocycles. The van der Waals surface area contributed by atoms with Crippen molar-refractivity contribution in [2.45, 2.75) is 13.3 Å². The van der Waals surface area contributed by atoms with Gasteiger partial charge in [-0.25, -0.2) is 13.2 Å². The number of benzene rings is 1. The molecule has 1 heterocycles. The average Bonchev–Trinajstić information content (AvgIpc) is 2.41. The summed E-state index contributed by atoms with van der Waals surface area (Å²) in [5, 5.41) is -0.189. The highest BCUT2D eigenvalue weighted by molar-refractivity contribution is 6.28. The molecule has 4 nitrogen and oxygen atoms in total. The van der Waals surface area contributed by atoms with Crippen molar-refractivity contribution in [1.82, 2.24) is 15.0 Å². The molecule has 0 radical (unpaired) electrons. The molecule has 0 spiro atoms. The van der Waals surface area contributed by atoms with E-state index in [2.05, 4.69) is 15.0 Å². The van der Waals surface area contributed by atoms with E-state index in [0.29, 0.717) is 6.61 Å². The second kappa shape index (κ2) is 6.04. The lowest BCUT2D eigenvalue weighted by atomic mass is 10.2. The molecule has 0 aliphatic heterocycles. The SMILES string of the molecule is CCCOc1nc(Cl)nc(-c2cc(F)c(F)c(F)c2)n1. The molecule has 0 amide bonds. The van der Waals surface area contributed by atoms with Gasteiger partial charge in [0.15, 0.2) is 23.3 Å². The van der Waals surface area contributed by atoms with Gasteiger partial charge in [-0.15, -0.1) is 0 Å². The molecule has 2 aromatic rings. The lowest BCUT2D eigenvalue weighted by molar-refractivity contribution is 0.291. The van der Waals surface area contributed by atoms with Crippen LogP contribution in [0.5, 0.6) is 6.01 Å². The molecule has 0 aliphatic rings. The fourth-order valence-corrected chi connectivity index (χ4v) is 1.56. The number of aromatic nitrogens is 3. The molecule has 0 unspecified atom stereocenters. The van der Waals surface area contributed by atoms with E-state index in [1.54, 1.807) is 0 Å². The van der Waals surface area contributed by atoms with Crippen LogP contribution < -0.4 is 4.74 Å². The number of hydrogen-bond donors (Lipinski definition) is 0. The van der Waals surface area contributed by atoms with E-state index in [1.807, 2.05) is 6.92 Å². The minimum atomic E-state index is -1.56. The smallest absolute Gasteiger partial charge is 0.321 e. The minimum absolute atomic E-state index is 0.0629. The van der Waals surface area contributed by atoms with Crippen molar-refractivity contribution in [1.29, 1.82) is 0 Å². The van der Waals surface area contributed by atoms with Crippen LogP contribution in [0, 0.1) is 17.5 Å². The first-order chi connectivity index (χ1) is 9.51. The Morgan fingerprint density at radius 1 is 1.10 bits per heavy atom. The summed E-state index contributed by atoms with van der Waals surface area (Å²) in [6.45, 7) is 2.24. The van der Waals surface area contributed by atoms with E-state index >= 15 is 0 Å². The summed E-state index contributed by atoms with van der Waals surface area (Å²) in [7, 11) is 0. The van der Waals surface area contributed by atoms with Gasteiger partial charge in [-0.2, -0.15) is 15.0 Å². The second-order valence-electron chi connectivity index (χ2n) is 3.81. The number of nitrogens with zero attached hydrogens (tertiary/aromatic N) is 3. The zero-order chi connectivity index (χ0) is 14.7. The molecule has 106 valence electrons. The zero-order valence-corrected chi connectivity index (χ0v) is 11.1. The summed E-state index contributed by atoms with van der Waals surface area (Å²) in [5.41, 5.74) is -0.0629. The maximum atomic E-state index is 13.2. The molecular formula is C12H9ClF3N3O. The molecule has 0 N–H and O–H groups in total. The first-order valence-corrected chi connectivity index (χ1v) is 6.08. The van der Waals surface area contributed by atoms with Crippen molar-refractivity contribution in [3.05, 3.63) is 34.9 Å². The molecule has 20 heavy (non-hydrogen) atoms. The normalized spacial score (nSPS) is 10.7. The van der Waals surface area contributed by atoms with Gasteiger partial charge in [-0.3, -0.25) is 0 Å². The fraction of sp³-hybridized carbons (Fsp3) is 0.250. The highest BCUT2D eigenvalue weighted by atomic mass is 35.5. The first-order valence-electron chi connectivity index (χ1n) is 5.70. The van der Waals surface area contributed by atoms with Gasteiger partial charge in [0.1, 0.15) is 0 Å². The molecule has 0 saturated carbocycles. The Bertz CT molecular complexity index is 616. The second-order valence-corrected chi connectivity index (χ2v) is 4.15. The van der Waals surface area contributed by atoms with Crippen molar-refractivity contribution < 1.29 is 17.9 Å². The van der Waals surface area contributed by atoms with Crippen LogP contribution in [0.15, 0.2) is 12.1 Å². The van der Waals surface area contributed by atoms with E-state index in [-0.39, 0.29) is 22.7 Å². The molecule has 1 aromatic heterocycles. The molecule has 1 aromatic carbocycles. The van der Waals surface area contributed by atoms with Crippen LogP contribution in [0.3, 0.4) is 0 Å². The van der Waals surface area contributed by atoms with Gasteiger partial charge in [0.2, 0.25) is 5.28 Å². The Balaban J connectivity index is 2.44. The van der Waals surface area contributed by atoms with E-state index in [4.69, 9.17) is 16.3 Å². The van der Waals surface area contributed by atoms with Crippen molar-refractivity contribution in [2.75, 3.05) is 6.61 Å². The molecule has 0 atom stereocenters. The summed E-state index contributed by atoms with van der Waals surface area (Å²) >= 11 is 5.69. The van der Waals surface area contributed by atoms with Crippen LogP contribution in [-0.4, -0.2) is 21.6 Å². The van der Waals surface area contributed by atoms with E-state index in [1.165, 1.54) is 0 Å². The van der Waals surface area contributed by atoms with E-state index < -0.39 is 17.5 Å². The largest absolute Gasteiger partial charge is 0.463 e. The first kappa shape index (κ1) is 14.5. The molecule has 8 heteroatoms. The Kier molecular flexibility index (Phi) is 4.39. The van der Waals surface area contributed by atoms with Gasteiger partial charge in [-0.1, -0.05) is 6.92 Å². The van der Waals surface area contributed by atoms with Crippen LogP contribution in [0.25, 0.3) is 11.4 Å². The fourth-order valence-electron chi connectivity index (χ4n) is 1.40. The Hall–Kier alpha value is -1.89. The van der Waals surface area contributed by atoms with Gasteiger partial charge < -0.3 is 4.74 Å². The third kappa shape index (κ3) is 3.16. The summed E-state index contributed by atoms with van der Waals surface area (Å²) < 4.78 is 44.4. The monoisotopic (exact) mass is 303 g/mol. The summed E-state index contributed by atoms with van der Waals surface area (Å²) in [6.07, 6.45) is 0.721. The van der Waals surface area contributed by atoms with Crippen LogP contribution in [0.4, 0.5) is 13.2 Å². The number of rotatable bonds is 4. The molecular weight excluding hydrogens is 295 g/mol. The number of halogens is 4. The standard InChI is InChI=1S/C12H9ClF3N3O/c1-2-3-20-12-18-10(17-11(13)19-12)6-4-7(14)9(16)8(15)5-6/h4-5H,2-3H2,1H3. The minimum Gasteiger partial charge on any atom is -0.463 e. The van der Waals surface area contributed by atoms with Gasteiger partial charge in [0.25, 0.3) is 0 Å². The van der Waals surface area contributed by atoms with Crippen molar-refractivity contribution in [3.63, 3.8) is 0 Å².